The zero-order valence-electron chi connectivity index (χ0n) is 11.5. The molecule has 1 aromatic heterocycles. The van der Waals surface area contributed by atoms with Gasteiger partial charge in [0.15, 0.2) is 0 Å². The van der Waals surface area contributed by atoms with Crippen LogP contribution in [0, 0.1) is 28.9 Å². The fourth-order valence-corrected chi connectivity index (χ4v) is 2.46. The van der Waals surface area contributed by atoms with Crippen LogP contribution >= 0.6 is 11.3 Å². The molecule has 108 valence electrons. The zero-order chi connectivity index (χ0) is 15.2. The van der Waals surface area contributed by atoms with Crippen LogP contribution in [-0.4, -0.2) is 11.5 Å². The maximum atomic E-state index is 10.8. The highest BCUT2D eigenvalue weighted by Crippen LogP contribution is 2.26. The number of thiophene rings is 1. The summed E-state index contributed by atoms with van der Waals surface area (Å²) >= 11 is 1.52. The lowest BCUT2D eigenvalue weighted by molar-refractivity contribution is -0.385. The van der Waals surface area contributed by atoms with Gasteiger partial charge in [-0.25, -0.2) is 0 Å². The van der Waals surface area contributed by atoms with Gasteiger partial charge < -0.3 is 10.5 Å². The van der Waals surface area contributed by atoms with Crippen molar-refractivity contribution in [3.63, 3.8) is 0 Å². The number of nitrogens with two attached hydrogens (primary N) is 1. The lowest BCUT2D eigenvalue weighted by Gasteiger charge is -2.07. The van der Waals surface area contributed by atoms with Crippen molar-refractivity contribution < 1.29 is 9.66 Å². The molecule has 6 heteroatoms. The molecule has 0 fully saturated rings. The van der Waals surface area contributed by atoms with E-state index >= 15 is 0 Å². The Kier molecular flexibility index (Phi) is 4.93. The van der Waals surface area contributed by atoms with Crippen LogP contribution in [0.15, 0.2) is 30.3 Å². The molecule has 2 N–H and O–H groups in total. The maximum absolute atomic E-state index is 10.8. The van der Waals surface area contributed by atoms with E-state index in [-0.39, 0.29) is 5.69 Å². The molecule has 0 amide bonds. The van der Waals surface area contributed by atoms with Gasteiger partial charge in [-0.2, -0.15) is 0 Å². The molecule has 0 radical (unpaired) electrons. The van der Waals surface area contributed by atoms with E-state index in [2.05, 4.69) is 11.8 Å². The first kappa shape index (κ1) is 15.0. The van der Waals surface area contributed by atoms with Gasteiger partial charge in [-0.15, -0.1) is 11.3 Å². The molecule has 0 aliphatic carbocycles. The van der Waals surface area contributed by atoms with E-state index in [1.54, 1.807) is 6.07 Å². The van der Waals surface area contributed by atoms with Crippen molar-refractivity contribution in [2.75, 3.05) is 6.54 Å². The molecular formula is C15H14N2O3S. The average molecular weight is 302 g/mol. The minimum Gasteiger partial charge on any atom is -0.488 e. The van der Waals surface area contributed by atoms with Crippen molar-refractivity contribution >= 4 is 17.0 Å². The predicted molar refractivity (Wildman–Crippen MR) is 82.4 cm³/mol. The van der Waals surface area contributed by atoms with Gasteiger partial charge in [-0.3, -0.25) is 10.1 Å². The number of nitro benzene ring substituents is 1. The molecule has 0 bridgehead atoms. The second kappa shape index (κ2) is 6.88. The number of aryl methyl sites for hydroxylation is 1. The van der Waals surface area contributed by atoms with Gasteiger partial charge in [-0.05, 0) is 30.7 Å². The highest BCUT2D eigenvalue weighted by molar-refractivity contribution is 7.12. The summed E-state index contributed by atoms with van der Waals surface area (Å²) in [5, 5.41) is 10.8. The molecule has 0 atom stereocenters. The summed E-state index contributed by atoms with van der Waals surface area (Å²) in [6.45, 7) is 2.54. The molecule has 21 heavy (non-hydrogen) atoms. The van der Waals surface area contributed by atoms with Gasteiger partial charge >= 0.3 is 0 Å². The molecule has 2 aromatic rings. The largest absolute Gasteiger partial charge is 0.488 e. The highest BCUT2D eigenvalue weighted by Gasteiger charge is 2.10. The fraction of sp³-hybridized carbons (Fsp3) is 0.200. The molecule has 0 saturated heterocycles. The van der Waals surface area contributed by atoms with Crippen molar-refractivity contribution in [1.29, 1.82) is 0 Å². The van der Waals surface area contributed by atoms with Gasteiger partial charge in [0.2, 0.25) is 0 Å². The third kappa shape index (κ3) is 4.05. The Bertz CT molecular complexity index is 713. The maximum Gasteiger partial charge on any atom is 0.273 e. The molecule has 0 spiro atoms. The van der Waals surface area contributed by atoms with Crippen molar-refractivity contribution in [3.05, 3.63) is 55.8 Å². The Labute approximate surface area is 126 Å². The highest BCUT2D eigenvalue weighted by atomic mass is 32.1. The molecular weight excluding hydrogens is 288 g/mol. The normalized spacial score (nSPS) is 9.81. The van der Waals surface area contributed by atoms with Gasteiger partial charge in [0.1, 0.15) is 12.4 Å². The van der Waals surface area contributed by atoms with E-state index < -0.39 is 4.92 Å². The van der Waals surface area contributed by atoms with E-state index in [9.17, 15) is 10.1 Å². The molecule has 1 heterocycles. The standard InChI is InChI=1S/C15H14N2O3S/c1-11-4-5-12(17(18)19)9-15(11)20-10-14-7-6-13(21-14)3-2-8-16/h4-7,9H,8,10,16H2,1H3. The lowest BCUT2D eigenvalue weighted by atomic mass is 10.2. The molecule has 0 aliphatic rings. The van der Waals surface area contributed by atoms with Crippen LogP contribution in [0.1, 0.15) is 15.3 Å². The molecule has 0 aliphatic heterocycles. The summed E-state index contributed by atoms with van der Waals surface area (Å²) in [5.41, 5.74) is 6.21. The molecule has 1 aromatic carbocycles. The number of hydrogen-bond acceptors (Lipinski definition) is 5. The Morgan fingerprint density at radius 3 is 2.90 bits per heavy atom. The van der Waals surface area contributed by atoms with Crippen molar-refractivity contribution in [3.8, 4) is 17.6 Å². The SMILES string of the molecule is Cc1ccc([N+](=O)[O-])cc1OCc1ccc(C#CCN)s1. The van der Waals surface area contributed by atoms with E-state index in [1.165, 1.54) is 23.5 Å². The second-order valence-electron chi connectivity index (χ2n) is 4.27. The van der Waals surface area contributed by atoms with Crippen LogP contribution in [0.3, 0.4) is 0 Å². The molecule has 2 rings (SSSR count). The summed E-state index contributed by atoms with van der Waals surface area (Å²) in [7, 11) is 0. The number of rotatable bonds is 4. The van der Waals surface area contributed by atoms with Crippen LogP contribution in [0.5, 0.6) is 5.75 Å². The number of benzene rings is 1. The average Bonchev–Trinajstić information content (AvgIpc) is 2.92. The van der Waals surface area contributed by atoms with E-state index in [0.29, 0.717) is 18.9 Å². The van der Waals surface area contributed by atoms with E-state index in [4.69, 9.17) is 10.5 Å². The van der Waals surface area contributed by atoms with Crippen LogP contribution in [0.25, 0.3) is 0 Å². The summed E-state index contributed by atoms with van der Waals surface area (Å²) in [4.78, 5) is 12.3. The Morgan fingerprint density at radius 1 is 1.38 bits per heavy atom. The quantitative estimate of drug-likeness (QED) is 0.535. The minimum atomic E-state index is -0.433. The van der Waals surface area contributed by atoms with Crippen LogP contribution < -0.4 is 10.5 Å². The Balaban J connectivity index is 2.07. The van der Waals surface area contributed by atoms with E-state index in [1.807, 2.05) is 19.1 Å². The smallest absolute Gasteiger partial charge is 0.273 e. The summed E-state index contributed by atoms with van der Waals surface area (Å²) < 4.78 is 5.66. The number of nitrogens with zero attached hydrogens (tertiary/aromatic N) is 1. The summed E-state index contributed by atoms with van der Waals surface area (Å²) in [6, 6.07) is 8.43. The first-order chi connectivity index (χ1) is 10.1. The minimum absolute atomic E-state index is 0.0243. The van der Waals surface area contributed by atoms with Crippen molar-refractivity contribution in [2.45, 2.75) is 13.5 Å². The van der Waals surface area contributed by atoms with E-state index in [0.717, 1.165) is 15.3 Å². The fourth-order valence-electron chi connectivity index (χ4n) is 1.67. The van der Waals surface area contributed by atoms with Crippen LogP contribution in [0.2, 0.25) is 0 Å². The number of ether oxygens (including phenoxy) is 1. The first-order valence-electron chi connectivity index (χ1n) is 6.25. The summed E-state index contributed by atoms with van der Waals surface area (Å²) in [6.07, 6.45) is 0. The third-order valence-corrected chi connectivity index (χ3v) is 3.70. The van der Waals surface area contributed by atoms with Gasteiger partial charge in [0, 0.05) is 10.9 Å². The molecule has 0 saturated carbocycles. The van der Waals surface area contributed by atoms with Crippen molar-refractivity contribution in [2.24, 2.45) is 5.73 Å². The lowest BCUT2D eigenvalue weighted by Crippen LogP contribution is -1.96. The zero-order valence-corrected chi connectivity index (χ0v) is 12.3. The monoisotopic (exact) mass is 302 g/mol. The Morgan fingerprint density at radius 2 is 2.19 bits per heavy atom. The van der Waals surface area contributed by atoms with Gasteiger partial charge in [0.25, 0.3) is 5.69 Å². The molecule has 5 nitrogen and oxygen atoms in total. The number of non-ortho nitro benzene ring substituents is 1. The van der Waals surface area contributed by atoms with Gasteiger partial charge in [0.05, 0.1) is 22.4 Å². The van der Waals surface area contributed by atoms with Crippen LogP contribution in [0.4, 0.5) is 5.69 Å². The van der Waals surface area contributed by atoms with Crippen LogP contribution in [-0.2, 0) is 6.61 Å². The predicted octanol–water partition coefficient (Wildman–Crippen LogP) is 2.85. The van der Waals surface area contributed by atoms with Gasteiger partial charge in [-0.1, -0.05) is 11.8 Å². The second-order valence-corrected chi connectivity index (χ2v) is 5.44. The topological polar surface area (TPSA) is 78.4 Å². The molecule has 0 unspecified atom stereocenters. The van der Waals surface area contributed by atoms with Crippen molar-refractivity contribution in [1.82, 2.24) is 0 Å². The Hall–Kier alpha value is -2.36. The first-order valence-corrected chi connectivity index (χ1v) is 7.07. The number of hydrogen-bond donors (Lipinski definition) is 1. The number of nitro groups is 1. The third-order valence-electron chi connectivity index (χ3n) is 2.73. The summed E-state index contributed by atoms with van der Waals surface area (Å²) in [5.74, 6) is 6.27.